The monoisotopic (exact) mass is 211 g/mol. The van der Waals surface area contributed by atoms with E-state index >= 15 is 0 Å². The number of hydrogen-bond donors (Lipinski definition) is 0. The molecule has 0 N–H and O–H groups in total. The Morgan fingerprint density at radius 2 is 1.87 bits per heavy atom. The van der Waals surface area contributed by atoms with E-state index in [2.05, 4.69) is 34.3 Å². The normalized spacial score (nSPS) is 19.5. The topological polar surface area (TPSA) is 37.4 Å². The van der Waals surface area contributed by atoms with Crippen molar-refractivity contribution in [3.63, 3.8) is 0 Å². The van der Waals surface area contributed by atoms with Gasteiger partial charge in [0.2, 0.25) is 5.91 Å². The number of aldehydes is 1. The molecule has 0 bridgehead atoms. The molecular formula is C12H21NO2. The molecule has 86 valence electrons. The lowest BCUT2D eigenvalue weighted by Gasteiger charge is -2.36. The van der Waals surface area contributed by atoms with Crippen LogP contribution in [-0.4, -0.2) is 29.7 Å². The summed E-state index contributed by atoms with van der Waals surface area (Å²) in [5, 5.41) is 0. The summed E-state index contributed by atoms with van der Waals surface area (Å²) in [6.07, 6.45) is 2.82. The summed E-state index contributed by atoms with van der Waals surface area (Å²) in [6.45, 7) is 12.8. The van der Waals surface area contributed by atoms with Crippen molar-refractivity contribution in [2.24, 2.45) is 5.41 Å². The first-order chi connectivity index (χ1) is 6.79. The van der Waals surface area contributed by atoms with Gasteiger partial charge in [0.15, 0.2) is 0 Å². The molecule has 0 saturated carbocycles. The summed E-state index contributed by atoms with van der Waals surface area (Å²) in [6, 6.07) is -0.189. The standard InChI is InChI=1S/C7H9NO2.C5H12/c1-2-7(10)8-4-3-6(8)5-9;1-5(2,3)4/h2,5-6H,1,3-4H2;1-4H3. The molecule has 0 aromatic heterocycles. The number of carbonyl (C=O) groups excluding carboxylic acids is 2. The molecule has 0 aliphatic carbocycles. The first-order valence-corrected chi connectivity index (χ1v) is 5.18. The van der Waals surface area contributed by atoms with E-state index in [9.17, 15) is 9.59 Å². The zero-order valence-corrected chi connectivity index (χ0v) is 10.1. The minimum Gasteiger partial charge on any atom is -0.329 e. The van der Waals surface area contributed by atoms with Crippen LogP contribution in [-0.2, 0) is 9.59 Å². The Labute approximate surface area is 92.1 Å². The van der Waals surface area contributed by atoms with Crippen molar-refractivity contribution in [3.8, 4) is 0 Å². The van der Waals surface area contributed by atoms with Gasteiger partial charge in [-0.05, 0) is 17.9 Å². The van der Waals surface area contributed by atoms with Crippen molar-refractivity contribution in [1.29, 1.82) is 0 Å². The van der Waals surface area contributed by atoms with Crippen LogP contribution in [0, 0.1) is 5.41 Å². The lowest BCUT2D eigenvalue weighted by molar-refractivity contribution is -0.137. The van der Waals surface area contributed by atoms with E-state index in [1.54, 1.807) is 0 Å². The van der Waals surface area contributed by atoms with Gasteiger partial charge in [0.1, 0.15) is 6.29 Å². The second kappa shape index (κ2) is 5.69. The van der Waals surface area contributed by atoms with Gasteiger partial charge in [-0.1, -0.05) is 34.3 Å². The van der Waals surface area contributed by atoms with Gasteiger partial charge in [-0.2, -0.15) is 0 Å². The second-order valence-corrected chi connectivity index (χ2v) is 5.23. The third-order valence-electron chi connectivity index (χ3n) is 1.68. The van der Waals surface area contributed by atoms with E-state index in [0.29, 0.717) is 12.0 Å². The lowest BCUT2D eigenvalue weighted by atomic mass is 10.0. The molecule has 3 nitrogen and oxygen atoms in total. The third kappa shape index (κ3) is 6.05. The molecular weight excluding hydrogens is 190 g/mol. The van der Waals surface area contributed by atoms with E-state index in [4.69, 9.17) is 0 Å². The van der Waals surface area contributed by atoms with Crippen molar-refractivity contribution >= 4 is 12.2 Å². The summed E-state index contributed by atoms with van der Waals surface area (Å²) >= 11 is 0. The zero-order valence-electron chi connectivity index (χ0n) is 10.1. The maximum absolute atomic E-state index is 10.8. The lowest BCUT2D eigenvalue weighted by Crippen LogP contribution is -2.51. The van der Waals surface area contributed by atoms with Crippen molar-refractivity contribution in [1.82, 2.24) is 4.90 Å². The van der Waals surface area contributed by atoms with Crippen LogP contribution in [0.15, 0.2) is 12.7 Å². The van der Waals surface area contributed by atoms with Crippen LogP contribution in [0.3, 0.4) is 0 Å². The van der Waals surface area contributed by atoms with Crippen LogP contribution in [0.4, 0.5) is 0 Å². The highest BCUT2D eigenvalue weighted by molar-refractivity contribution is 5.90. The molecule has 1 aliphatic heterocycles. The number of nitrogens with zero attached hydrogens (tertiary/aromatic N) is 1. The van der Waals surface area contributed by atoms with Gasteiger partial charge in [0.05, 0.1) is 6.04 Å². The van der Waals surface area contributed by atoms with Gasteiger partial charge in [-0.15, -0.1) is 0 Å². The molecule has 0 aromatic rings. The molecule has 1 unspecified atom stereocenters. The molecule has 1 heterocycles. The molecule has 0 aromatic carbocycles. The molecule has 15 heavy (non-hydrogen) atoms. The Hall–Kier alpha value is -1.12. The van der Waals surface area contributed by atoms with Crippen molar-refractivity contribution in [2.45, 2.75) is 40.2 Å². The molecule has 1 aliphatic rings. The van der Waals surface area contributed by atoms with Gasteiger partial charge < -0.3 is 9.69 Å². The van der Waals surface area contributed by atoms with Crippen molar-refractivity contribution in [3.05, 3.63) is 12.7 Å². The molecule has 3 heteroatoms. The van der Waals surface area contributed by atoms with E-state index in [1.807, 2.05) is 0 Å². The average molecular weight is 211 g/mol. The van der Waals surface area contributed by atoms with Crippen LogP contribution in [0.25, 0.3) is 0 Å². The molecule has 1 saturated heterocycles. The quantitative estimate of drug-likeness (QED) is 0.517. The molecule has 1 fully saturated rings. The Kier molecular flexibility index (Phi) is 5.26. The van der Waals surface area contributed by atoms with Crippen LogP contribution < -0.4 is 0 Å². The second-order valence-electron chi connectivity index (χ2n) is 5.23. The Bertz CT molecular complexity index is 234. The summed E-state index contributed by atoms with van der Waals surface area (Å²) in [5.74, 6) is -0.150. The highest BCUT2D eigenvalue weighted by Gasteiger charge is 2.29. The summed E-state index contributed by atoms with van der Waals surface area (Å²) in [7, 11) is 0. The van der Waals surface area contributed by atoms with E-state index in [1.165, 1.54) is 11.0 Å². The largest absolute Gasteiger partial charge is 0.329 e. The van der Waals surface area contributed by atoms with Gasteiger partial charge in [-0.25, -0.2) is 0 Å². The molecule has 0 spiro atoms. The highest BCUT2D eigenvalue weighted by atomic mass is 16.2. The number of carbonyl (C=O) groups is 2. The number of likely N-dealkylation sites (tertiary alicyclic amines) is 1. The SMILES string of the molecule is C=CC(=O)N1CCC1C=O.CC(C)(C)C. The van der Waals surface area contributed by atoms with Gasteiger partial charge in [-0.3, -0.25) is 4.79 Å². The number of rotatable bonds is 2. The minimum absolute atomic E-state index is 0.150. The first kappa shape index (κ1) is 13.9. The first-order valence-electron chi connectivity index (χ1n) is 5.18. The molecule has 0 radical (unpaired) electrons. The van der Waals surface area contributed by atoms with Crippen LogP contribution in [0.2, 0.25) is 0 Å². The van der Waals surface area contributed by atoms with E-state index in [-0.39, 0.29) is 11.9 Å². The average Bonchev–Trinajstić information content (AvgIpc) is 2.00. The van der Waals surface area contributed by atoms with Crippen LogP contribution >= 0.6 is 0 Å². The predicted octanol–water partition coefficient (Wildman–Crippen LogP) is 2.02. The van der Waals surface area contributed by atoms with Gasteiger partial charge in [0.25, 0.3) is 0 Å². The predicted molar refractivity (Wildman–Crippen MR) is 61.5 cm³/mol. The zero-order chi connectivity index (χ0) is 12.1. The summed E-state index contributed by atoms with van der Waals surface area (Å²) in [5.41, 5.74) is 0.500. The third-order valence-corrected chi connectivity index (χ3v) is 1.68. The fourth-order valence-electron chi connectivity index (χ4n) is 0.940. The molecule has 1 atom stereocenters. The maximum atomic E-state index is 10.8. The summed E-state index contributed by atoms with van der Waals surface area (Å²) < 4.78 is 0. The Morgan fingerprint density at radius 3 is 2.07 bits per heavy atom. The highest BCUT2D eigenvalue weighted by Crippen LogP contribution is 2.14. The smallest absolute Gasteiger partial charge is 0.246 e. The maximum Gasteiger partial charge on any atom is 0.246 e. The van der Waals surface area contributed by atoms with E-state index in [0.717, 1.165) is 12.7 Å². The fourth-order valence-corrected chi connectivity index (χ4v) is 0.940. The van der Waals surface area contributed by atoms with Crippen LogP contribution in [0.1, 0.15) is 34.1 Å². The Balaban J connectivity index is 0.000000336. The van der Waals surface area contributed by atoms with Crippen molar-refractivity contribution < 1.29 is 9.59 Å². The van der Waals surface area contributed by atoms with Gasteiger partial charge in [0, 0.05) is 6.54 Å². The fraction of sp³-hybridized carbons (Fsp3) is 0.667. The van der Waals surface area contributed by atoms with Gasteiger partial charge >= 0.3 is 0 Å². The van der Waals surface area contributed by atoms with Crippen molar-refractivity contribution in [2.75, 3.05) is 6.54 Å². The number of hydrogen-bond acceptors (Lipinski definition) is 2. The Morgan fingerprint density at radius 1 is 1.40 bits per heavy atom. The number of amides is 1. The van der Waals surface area contributed by atoms with Crippen LogP contribution in [0.5, 0.6) is 0 Å². The molecule has 1 rings (SSSR count). The molecule has 1 amide bonds. The minimum atomic E-state index is -0.189. The van der Waals surface area contributed by atoms with E-state index < -0.39 is 0 Å². The summed E-state index contributed by atoms with van der Waals surface area (Å²) in [4.78, 5) is 22.5.